The van der Waals surface area contributed by atoms with Crippen LogP contribution in [0, 0.1) is 0 Å². The fourth-order valence-electron chi connectivity index (χ4n) is 2.37. The lowest BCUT2D eigenvalue weighted by Crippen LogP contribution is -2.26. The molecule has 1 aliphatic carbocycles. The second-order valence-electron chi connectivity index (χ2n) is 4.89. The van der Waals surface area contributed by atoms with Crippen LogP contribution >= 0.6 is 22.9 Å². The van der Waals surface area contributed by atoms with Crippen LogP contribution in [0.4, 0.5) is 5.82 Å². The molecule has 3 heterocycles. The van der Waals surface area contributed by atoms with Crippen LogP contribution in [0.5, 0.6) is 0 Å². The highest BCUT2D eigenvalue weighted by atomic mass is 35.5. The molecule has 0 radical (unpaired) electrons. The number of thiophene rings is 1. The van der Waals surface area contributed by atoms with Crippen LogP contribution in [0.1, 0.15) is 18.6 Å². The molecule has 1 fully saturated rings. The first kappa shape index (κ1) is 12.2. The number of hydrogen-bond donors (Lipinski definition) is 0. The van der Waals surface area contributed by atoms with E-state index in [1.165, 1.54) is 12.8 Å². The van der Waals surface area contributed by atoms with Crippen LogP contribution in [-0.4, -0.2) is 16.0 Å². The number of fused-ring (bicyclic) bond motifs is 1. The number of aromatic nitrogens is 2. The van der Waals surface area contributed by atoms with Crippen LogP contribution in [0.25, 0.3) is 10.2 Å². The minimum absolute atomic E-state index is 0.306. The molecule has 4 nitrogen and oxygen atoms in total. The van der Waals surface area contributed by atoms with Gasteiger partial charge >= 0.3 is 0 Å². The molecule has 1 saturated carbocycles. The molecule has 4 rings (SSSR count). The van der Waals surface area contributed by atoms with E-state index in [1.54, 1.807) is 17.6 Å². The Morgan fingerprint density at radius 2 is 2.25 bits per heavy atom. The van der Waals surface area contributed by atoms with Gasteiger partial charge in [0, 0.05) is 6.04 Å². The summed E-state index contributed by atoms with van der Waals surface area (Å²) in [5.74, 6) is 1.86. The minimum atomic E-state index is 0.306. The lowest BCUT2D eigenvalue weighted by Gasteiger charge is -2.23. The zero-order valence-corrected chi connectivity index (χ0v) is 12.2. The summed E-state index contributed by atoms with van der Waals surface area (Å²) in [6.07, 6.45) is 4.08. The molecule has 3 aromatic rings. The summed E-state index contributed by atoms with van der Waals surface area (Å²) in [7, 11) is 0. The van der Waals surface area contributed by atoms with Crippen molar-refractivity contribution in [3.05, 3.63) is 40.9 Å². The van der Waals surface area contributed by atoms with Gasteiger partial charge in [-0.2, -0.15) is 4.98 Å². The maximum atomic E-state index is 6.07. The van der Waals surface area contributed by atoms with Gasteiger partial charge in [-0.3, -0.25) is 0 Å². The normalized spacial score (nSPS) is 14.8. The third-order valence-corrected chi connectivity index (χ3v) is 4.42. The predicted molar refractivity (Wildman–Crippen MR) is 80.3 cm³/mol. The second kappa shape index (κ2) is 4.75. The Labute approximate surface area is 125 Å². The molecule has 1 aliphatic rings. The summed E-state index contributed by atoms with van der Waals surface area (Å²) in [5, 5.41) is 3.40. The van der Waals surface area contributed by atoms with Crippen molar-refractivity contribution in [3.8, 4) is 0 Å². The molecule has 6 heteroatoms. The van der Waals surface area contributed by atoms with E-state index < -0.39 is 0 Å². The van der Waals surface area contributed by atoms with Gasteiger partial charge in [0.2, 0.25) is 5.28 Å². The largest absolute Gasteiger partial charge is 0.467 e. The molecular formula is C14H12ClN3OS. The summed E-state index contributed by atoms with van der Waals surface area (Å²) < 4.78 is 5.47. The first-order chi connectivity index (χ1) is 9.81. The van der Waals surface area contributed by atoms with E-state index in [0.29, 0.717) is 11.3 Å². The van der Waals surface area contributed by atoms with Crippen molar-refractivity contribution in [2.75, 3.05) is 4.90 Å². The first-order valence-corrected chi connectivity index (χ1v) is 7.77. The fraction of sp³-hybridized carbons (Fsp3) is 0.286. The van der Waals surface area contributed by atoms with Crippen LogP contribution in [-0.2, 0) is 6.54 Å². The van der Waals surface area contributed by atoms with Crippen molar-refractivity contribution in [2.24, 2.45) is 0 Å². The Bertz CT molecular complexity index is 736. The Hall–Kier alpha value is -1.59. The number of hydrogen-bond acceptors (Lipinski definition) is 5. The zero-order valence-electron chi connectivity index (χ0n) is 10.6. The average Bonchev–Trinajstić information content (AvgIpc) is 2.96. The molecule has 0 N–H and O–H groups in total. The highest BCUT2D eigenvalue weighted by Gasteiger charge is 2.32. The molecule has 0 unspecified atom stereocenters. The molecule has 0 saturated heterocycles. The first-order valence-electron chi connectivity index (χ1n) is 6.51. The Kier molecular flexibility index (Phi) is 2.89. The molecule has 102 valence electrons. The summed E-state index contributed by atoms with van der Waals surface area (Å²) in [5.41, 5.74) is 0. The molecule has 0 bridgehead atoms. The van der Waals surface area contributed by atoms with Gasteiger partial charge in [-0.25, -0.2) is 4.98 Å². The summed E-state index contributed by atoms with van der Waals surface area (Å²) in [4.78, 5) is 12.0. The van der Waals surface area contributed by atoms with Gasteiger partial charge in [0.15, 0.2) is 0 Å². The smallest absolute Gasteiger partial charge is 0.225 e. The molecule has 0 aromatic carbocycles. The van der Waals surface area contributed by atoms with Crippen LogP contribution in [0.15, 0.2) is 34.3 Å². The van der Waals surface area contributed by atoms with Gasteiger partial charge in [-0.05, 0) is 48.0 Å². The monoisotopic (exact) mass is 305 g/mol. The van der Waals surface area contributed by atoms with E-state index in [-0.39, 0.29) is 0 Å². The number of rotatable bonds is 4. The Morgan fingerprint density at radius 3 is 3.00 bits per heavy atom. The van der Waals surface area contributed by atoms with Gasteiger partial charge in [-0.1, -0.05) is 0 Å². The zero-order chi connectivity index (χ0) is 13.5. The summed E-state index contributed by atoms with van der Waals surface area (Å²) >= 11 is 7.65. The van der Waals surface area contributed by atoms with E-state index in [1.807, 2.05) is 17.5 Å². The highest BCUT2D eigenvalue weighted by Crippen LogP contribution is 2.37. The van der Waals surface area contributed by atoms with Crippen molar-refractivity contribution in [1.82, 2.24) is 9.97 Å². The maximum absolute atomic E-state index is 6.07. The number of furan rings is 1. The topological polar surface area (TPSA) is 42.2 Å². The van der Waals surface area contributed by atoms with Crippen molar-refractivity contribution in [1.29, 1.82) is 0 Å². The molecular weight excluding hydrogens is 294 g/mol. The summed E-state index contributed by atoms with van der Waals surface area (Å²) in [6, 6.07) is 6.48. The van der Waals surface area contributed by atoms with E-state index in [4.69, 9.17) is 16.0 Å². The fourth-order valence-corrected chi connectivity index (χ4v) is 3.34. The molecule has 0 atom stereocenters. The van der Waals surface area contributed by atoms with Crippen LogP contribution in [0.3, 0.4) is 0 Å². The number of anilines is 1. The Balaban J connectivity index is 1.79. The summed E-state index contributed by atoms with van der Waals surface area (Å²) in [6.45, 7) is 0.718. The van der Waals surface area contributed by atoms with E-state index in [0.717, 1.165) is 28.3 Å². The van der Waals surface area contributed by atoms with Gasteiger partial charge < -0.3 is 9.32 Å². The predicted octanol–water partition coefficient (Wildman–Crippen LogP) is 4.11. The third-order valence-electron chi connectivity index (χ3n) is 3.44. The van der Waals surface area contributed by atoms with Crippen molar-refractivity contribution >= 4 is 39.0 Å². The molecule has 3 aromatic heterocycles. The van der Waals surface area contributed by atoms with Crippen molar-refractivity contribution in [3.63, 3.8) is 0 Å². The Morgan fingerprint density at radius 1 is 1.35 bits per heavy atom. The van der Waals surface area contributed by atoms with Crippen LogP contribution in [0.2, 0.25) is 5.28 Å². The van der Waals surface area contributed by atoms with Crippen molar-refractivity contribution in [2.45, 2.75) is 25.4 Å². The lowest BCUT2D eigenvalue weighted by atomic mass is 10.3. The lowest BCUT2D eigenvalue weighted by molar-refractivity contribution is 0.500. The number of nitrogens with zero attached hydrogens (tertiary/aromatic N) is 3. The third kappa shape index (κ3) is 2.17. The molecule has 0 spiro atoms. The minimum Gasteiger partial charge on any atom is -0.467 e. The van der Waals surface area contributed by atoms with E-state index in [2.05, 4.69) is 20.9 Å². The van der Waals surface area contributed by atoms with Gasteiger partial charge in [0.05, 0.1) is 18.2 Å². The van der Waals surface area contributed by atoms with Gasteiger partial charge in [0.1, 0.15) is 16.4 Å². The quantitative estimate of drug-likeness (QED) is 0.680. The van der Waals surface area contributed by atoms with E-state index >= 15 is 0 Å². The van der Waals surface area contributed by atoms with E-state index in [9.17, 15) is 0 Å². The second-order valence-corrected chi connectivity index (χ2v) is 6.13. The highest BCUT2D eigenvalue weighted by molar-refractivity contribution is 7.16. The number of halogens is 1. The van der Waals surface area contributed by atoms with Gasteiger partial charge in [-0.15, -0.1) is 11.3 Å². The van der Waals surface area contributed by atoms with Gasteiger partial charge in [0.25, 0.3) is 0 Å². The van der Waals surface area contributed by atoms with Crippen molar-refractivity contribution < 1.29 is 4.42 Å². The average molecular weight is 306 g/mol. The standard InChI is InChI=1S/C14H12ClN3OS/c15-14-16-12(11-5-7-20-13(11)17-14)18(9-3-4-9)8-10-2-1-6-19-10/h1-2,5-7,9H,3-4,8H2. The molecule has 0 amide bonds. The van der Waals surface area contributed by atoms with Crippen LogP contribution < -0.4 is 4.90 Å². The molecule has 0 aliphatic heterocycles. The SMILES string of the molecule is Clc1nc(N(Cc2ccco2)C2CC2)c2ccsc2n1. The molecule has 20 heavy (non-hydrogen) atoms. The maximum Gasteiger partial charge on any atom is 0.225 e.